The molecule has 0 unspecified atom stereocenters. The normalized spacial score (nSPS) is 9.73. The lowest BCUT2D eigenvalue weighted by Gasteiger charge is -2.07. The molecule has 0 spiro atoms. The highest BCUT2D eigenvalue weighted by Gasteiger charge is 2.06. The van der Waals surface area contributed by atoms with E-state index in [0.717, 1.165) is 18.6 Å². The number of methoxy groups -OCH3 is 1. The van der Waals surface area contributed by atoms with E-state index in [1.165, 1.54) is 0 Å². The van der Waals surface area contributed by atoms with Crippen LogP contribution >= 0.6 is 45.2 Å². The van der Waals surface area contributed by atoms with Crippen LogP contribution in [0.25, 0.3) is 0 Å². The maximum atomic E-state index is 5.67. The Hall–Kier alpha value is 0.280. The van der Waals surface area contributed by atoms with Crippen LogP contribution in [0.3, 0.4) is 0 Å². The smallest absolute Gasteiger partial charge is 0.147 e. The summed E-state index contributed by atoms with van der Waals surface area (Å²) in [6.45, 7) is 0. The van der Waals surface area contributed by atoms with Crippen molar-refractivity contribution in [1.29, 1.82) is 0 Å². The fourth-order valence-corrected chi connectivity index (χ4v) is 2.61. The third-order valence-corrected chi connectivity index (χ3v) is 3.25. The molecule has 2 nitrogen and oxygen atoms in total. The van der Waals surface area contributed by atoms with Crippen LogP contribution in [0.1, 0.15) is 0 Å². The average Bonchev–Trinajstić information content (AvgIpc) is 1.99. The Balaban J connectivity index is 3.29. The maximum absolute atomic E-state index is 5.67. The van der Waals surface area contributed by atoms with Crippen molar-refractivity contribution in [3.8, 4) is 5.75 Å². The van der Waals surface area contributed by atoms with Gasteiger partial charge in [-0.1, -0.05) is 0 Å². The summed E-state index contributed by atoms with van der Waals surface area (Å²) in [6, 6.07) is 3.82. The molecule has 4 heteroatoms. The standard InChI is InChI=1S/C7H7I2NO/c1-11-7-4(8)2-3-5(10)6(7)9/h2-3H,10H2,1H3. The van der Waals surface area contributed by atoms with Crippen LogP contribution in [-0.4, -0.2) is 7.11 Å². The van der Waals surface area contributed by atoms with Gasteiger partial charge in [-0.25, -0.2) is 0 Å². The number of rotatable bonds is 1. The summed E-state index contributed by atoms with van der Waals surface area (Å²) in [5.74, 6) is 0.867. The van der Waals surface area contributed by atoms with Gasteiger partial charge >= 0.3 is 0 Å². The van der Waals surface area contributed by atoms with Crippen molar-refractivity contribution in [2.75, 3.05) is 12.8 Å². The largest absolute Gasteiger partial charge is 0.494 e. The number of nitrogens with two attached hydrogens (primary N) is 1. The molecule has 0 aliphatic carbocycles. The van der Waals surface area contributed by atoms with Gasteiger partial charge in [0, 0.05) is 5.69 Å². The zero-order valence-corrected chi connectivity index (χ0v) is 10.2. The first-order valence-electron chi connectivity index (χ1n) is 2.94. The molecule has 1 rings (SSSR count). The predicted octanol–water partition coefficient (Wildman–Crippen LogP) is 2.49. The molecular weight excluding hydrogens is 368 g/mol. The Morgan fingerprint density at radius 3 is 2.45 bits per heavy atom. The molecule has 0 radical (unpaired) electrons. The second-order valence-corrected chi connectivity index (χ2v) is 4.22. The maximum Gasteiger partial charge on any atom is 0.147 e. The van der Waals surface area contributed by atoms with Gasteiger partial charge in [-0.3, -0.25) is 0 Å². The third kappa shape index (κ3) is 1.90. The molecule has 1 aromatic rings. The number of halogens is 2. The van der Waals surface area contributed by atoms with E-state index < -0.39 is 0 Å². The van der Waals surface area contributed by atoms with Crippen LogP contribution in [-0.2, 0) is 0 Å². The Kier molecular flexibility index (Phi) is 3.23. The van der Waals surface area contributed by atoms with E-state index in [1.807, 2.05) is 12.1 Å². The lowest BCUT2D eigenvalue weighted by Crippen LogP contribution is -1.95. The van der Waals surface area contributed by atoms with E-state index in [9.17, 15) is 0 Å². The van der Waals surface area contributed by atoms with Crippen molar-refractivity contribution in [3.05, 3.63) is 19.3 Å². The topological polar surface area (TPSA) is 35.2 Å². The molecule has 2 N–H and O–H groups in total. The molecule has 0 bridgehead atoms. The number of ether oxygens (including phenoxy) is 1. The van der Waals surface area contributed by atoms with Gasteiger partial charge in [0.25, 0.3) is 0 Å². The van der Waals surface area contributed by atoms with Crippen LogP contribution in [0.15, 0.2) is 12.1 Å². The molecule has 0 aliphatic rings. The summed E-state index contributed by atoms with van der Waals surface area (Å²) < 4.78 is 7.23. The second-order valence-electron chi connectivity index (χ2n) is 1.98. The van der Waals surface area contributed by atoms with Gasteiger partial charge in [-0.15, -0.1) is 0 Å². The van der Waals surface area contributed by atoms with Gasteiger partial charge < -0.3 is 10.5 Å². The zero-order chi connectivity index (χ0) is 8.43. The second kappa shape index (κ2) is 3.79. The molecule has 0 saturated heterocycles. The molecule has 0 heterocycles. The van der Waals surface area contributed by atoms with Gasteiger partial charge in [0.1, 0.15) is 5.75 Å². The van der Waals surface area contributed by atoms with Crippen LogP contribution in [0.4, 0.5) is 5.69 Å². The molecule has 0 aliphatic heterocycles. The fourth-order valence-electron chi connectivity index (χ4n) is 0.735. The zero-order valence-electron chi connectivity index (χ0n) is 5.90. The minimum atomic E-state index is 0.767. The Morgan fingerprint density at radius 2 is 2.00 bits per heavy atom. The molecule has 0 saturated carbocycles. The van der Waals surface area contributed by atoms with Gasteiger partial charge in [-0.05, 0) is 57.3 Å². The molecule has 11 heavy (non-hydrogen) atoms. The number of anilines is 1. The van der Waals surface area contributed by atoms with E-state index in [2.05, 4.69) is 45.2 Å². The minimum Gasteiger partial charge on any atom is -0.494 e. The minimum absolute atomic E-state index is 0.767. The molecule has 60 valence electrons. The van der Waals surface area contributed by atoms with Gasteiger partial charge in [0.05, 0.1) is 14.3 Å². The van der Waals surface area contributed by atoms with E-state index >= 15 is 0 Å². The van der Waals surface area contributed by atoms with Crippen LogP contribution < -0.4 is 10.5 Å². The summed E-state index contributed by atoms with van der Waals surface area (Å²) in [5, 5.41) is 0. The van der Waals surface area contributed by atoms with Crippen molar-refractivity contribution < 1.29 is 4.74 Å². The lowest BCUT2D eigenvalue weighted by molar-refractivity contribution is 0.409. The summed E-state index contributed by atoms with van der Waals surface area (Å²) in [7, 11) is 1.65. The summed E-state index contributed by atoms with van der Waals surface area (Å²) in [6.07, 6.45) is 0. The van der Waals surface area contributed by atoms with Crippen LogP contribution in [0.2, 0.25) is 0 Å². The van der Waals surface area contributed by atoms with Crippen molar-refractivity contribution in [3.63, 3.8) is 0 Å². The highest BCUT2D eigenvalue weighted by atomic mass is 127. The van der Waals surface area contributed by atoms with E-state index in [4.69, 9.17) is 10.5 Å². The molecule has 0 atom stereocenters. The van der Waals surface area contributed by atoms with E-state index in [0.29, 0.717) is 0 Å². The molecule has 0 fully saturated rings. The highest BCUT2D eigenvalue weighted by Crippen LogP contribution is 2.30. The van der Waals surface area contributed by atoms with Crippen LogP contribution in [0, 0.1) is 7.14 Å². The quantitative estimate of drug-likeness (QED) is 0.605. The molecular formula is C7H7I2NO. The predicted molar refractivity (Wildman–Crippen MR) is 62.8 cm³/mol. The molecule has 0 aromatic heterocycles. The number of nitrogen functional groups attached to an aromatic ring is 1. The number of benzene rings is 1. The summed E-state index contributed by atoms with van der Waals surface area (Å²) >= 11 is 4.39. The first-order valence-corrected chi connectivity index (χ1v) is 5.10. The third-order valence-electron chi connectivity index (χ3n) is 1.28. The molecule has 1 aromatic carbocycles. The van der Waals surface area contributed by atoms with Crippen molar-refractivity contribution in [2.24, 2.45) is 0 Å². The van der Waals surface area contributed by atoms with E-state index in [1.54, 1.807) is 7.11 Å². The Morgan fingerprint density at radius 1 is 1.36 bits per heavy atom. The lowest BCUT2D eigenvalue weighted by atomic mass is 10.3. The van der Waals surface area contributed by atoms with Crippen molar-refractivity contribution >= 4 is 50.9 Å². The van der Waals surface area contributed by atoms with E-state index in [-0.39, 0.29) is 0 Å². The van der Waals surface area contributed by atoms with Gasteiger partial charge in [0.2, 0.25) is 0 Å². The SMILES string of the molecule is COc1c(I)ccc(N)c1I. The first-order chi connectivity index (χ1) is 5.16. The number of hydrogen-bond acceptors (Lipinski definition) is 2. The molecule has 0 amide bonds. The average molecular weight is 375 g/mol. The number of hydrogen-bond donors (Lipinski definition) is 1. The van der Waals surface area contributed by atoms with Crippen molar-refractivity contribution in [1.82, 2.24) is 0 Å². The van der Waals surface area contributed by atoms with Gasteiger partial charge in [0.15, 0.2) is 0 Å². The first kappa shape index (κ1) is 9.37. The fraction of sp³-hybridized carbons (Fsp3) is 0.143. The Labute approximate surface area is 92.8 Å². The summed E-state index contributed by atoms with van der Waals surface area (Å²) in [4.78, 5) is 0. The van der Waals surface area contributed by atoms with Gasteiger partial charge in [-0.2, -0.15) is 0 Å². The van der Waals surface area contributed by atoms with Crippen LogP contribution in [0.5, 0.6) is 5.75 Å². The Bertz CT molecular complexity index is 275. The monoisotopic (exact) mass is 375 g/mol. The van der Waals surface area contributed by atoms with Crippen molar-refractivity contribution in [2.45, 2.75) is 0 Å². The highest BCUT2D eigenvalue weighted by molar-refractivity contribution is 14.1. The summed E-state index contributed by atoms with van der Waals surface area (Å²) in [5.41, 5.74) is 6.44.